The number of amides is 2. The first kappa shape index (κ1) is 31.6. The molecule has 0 aliphatic carbocycles. The Bertz CT molecular complexity index is 1290. The molecule has 0 aromatic heterocycles. The van der Waals surface area contributed by atoms with Gasteiger partial charge in [0.25, 0.3) is 17.4 Å². The molecule has 1 N–H and O–H groups in total. The third-order valence-corrected chi connectivity index (χ3v) is 8.64. The van der Waals surface area contributed by atoms with Crippen LogP contribution >= 0.6 is 0 Å². The van der Waals surface area contributed by atoms with Gasteiger partial charge in [-0.25, -0.2) is 4.39 Å². The second-order valence-electron chi connectivity index (χ2n) is 11.7. The van der Waals surface area contributed by atoms with E-state index < -0.39 is 29.1 Å². The van der Waals surface area contributed by atoms with Gasteiger partial charge in [0.15, 0.2) is 0 Å². The first-order valence-corrected chi connectivity index (χ1v) is 14.2. The second-order valence-corrected chi connectivity index (χ2v) is 11.7. The number of piperidine rings is 2. The standard InChI is InChI=1S/C31H39F4N3O4/c1-20-15-25(5-6-27(20)28(39)36(2)3)37-11-7-21(8-12-37)16-22-9-13-38(14-10-22)29(40)30(41,31(33,34)35)23-17-24(32)19-26(18-23)42-4/h5-6,15,17-19,21-22,41H,7-14,16H2,1-4H3/t30-/m1/s1. The fourth-order valence-electron chi connectivity index (χ4n) is 6.12. The molecule has 42 heavy (non-hydrogen) atoms. The minimum absolute atomic E-state index is 0.0252. The number of methoxy groups -OCH3 is 1. The van der Waals surface area contributed by atoms with E-state index in [0.717, 1.165) is 67.7 Å². The van der Waals surface area contributed by atoms with Gasteiger partial charge in [0, 0.05) is 63.2 Å². The number of hydrogen-bond acceptors (Lipinski definition) is 5. The van der Waals surface area contributed by atoms with Gasteiger partial charge in [0.2, 0.25) is 0 Å². The van der Waals surface area contributed by atoms with Gasteiger partial charge >= 0.3 is 6.18 Å². The van der Waals surface area contributed by atoms with E-state index in [9.17, 15) is 32.3 Å². The van der Waals surface area contributed by atoms with Crippen molar-refractivity contribution in [2.75, 3.05) is 52.3 Å². The molecule has 0 radical (unpaired) electrons. The number of hydrogen-bond donors (Lipinski definition) is 1. The van der Waals surface area contributed by atoms with E-state index in [4.69, 9.17) is 4.74 Å². The first-order chi connectivity index (χ1) is 19.7. The highest BCUT2D eigenvalue weighted by Crippen LogP contribution is 2.43. The summed E-state index contributed by atoms with van der Waals surface area (Å²) in [6.45, 7) is 3.86. The zero-order chi connectivity index (χ0) is 30.8. The van der Waals surface area contributed by atoms with E-state index in [1.807, 2.05) is 25.1 Å². The number of halogens is 4. The average molecular weight is 594 g/mol. The molecule has 2 heterocycles. The van der Waals surface area contributed by atoms with Gasteiger partial charge in [0.1, 0.15) is 11.6 Å². The van der Waals surface area contributed by atoms with E-state index in [0.29, 0.717) is 30.4 Å². The van der Waals surface area contributed by atoms with Crippen molar-refractivity contribution in [2.24, 2.45) is 11.8 Å². The zero-order valence-corrected chi connectivity index (χ0v) is 24.5. The lowest BCUT2D eigenvalue weighted by molar-refractivity contribution is -0.262. The highest BCUT2D eigenvalue weighted by Gasteiger charge is 2.62. The summed E-state index contributed by atoms with van der Waals surface area (Å²) in [5.41, 5.74) is -2.07. The number of alkyl halides is 3. The van der Waals surface area contributed by atoms with Crippen LogP contribution in [0.25, 0.3) is 0 Å². The fraction of sp³-hybridized carbons (Fsp3) is 0.548. The Morgan fingerprint density at radius 2 is 1.57 bits per heavy atom. The Balaban J connectivity index is 1.33. The van der Waals surface area contributed by atoms with Crippen molar-refractivity contribution >= 4 is 17.5 Å². The SMILES string of the molecule is COc1cc(F)cc([C@@](O)(C(=O)N2CCC(CC3CCN(c4ccc(C(=O)N(C)C)c(C)c4)CC3)CC2)C(F)(F)F)c1. The van der Waals surface area contributed by atoms with Crippen molar-refractivity contribution in [2.45, 2.75) is 50.8 Å². The number of aliphatic hydroxyl groups is 1. The quantitative estimate of drug-likeness (QED) is 0.451. The number of likely N-dealkylation sites (tertiary alicyclic amines) is 1. The Morgan fingerprint density at radius 1 is 0.976 bits per heavy atom. The minimum Gasteiger partial charge on any atom is -0.497 e. The van der Waals surface area contributed by atoms with Gasteiger partial charge in [-0.15, -0.1) is 0 Å². The summed E-state index contributed by atoms with van der Waals surface area (Å²) in [6, 6.07) is 8.15. The number of rotatable bonds is 7. The molecule has 2 fully saturated rings. The van der Waals surface area contributed by atoms with Crippen LogP contribution in [0.3, 0.4) is 0 Å². The van der Waals surface area contributed by atoms with Crippen LogP contribution in [0.2, 0.25) is 0 Å². The Kier molecular flexibility index (Phi) is 9.39. The second kappa shape index (κ2) is 12.5. The van der Waals surface area contributed by atoms with Crippen LogP contribution in [-0.2, 0) is 10.4 Å². The molecule has 2 aromatic rings. The summed E-state index contributed by atoms with van der Waals surface area (Å²) in [6.07, 6.45) is -1.40. The monoisotopic (exact) mass is 593 g/mol. The molecule has 0 saturated carbocycles. The molecule has 4 rings (SSSR count). The van der Waals surface area contributed by atoms with Crippen molar-refractivity contribution in [1.82, 2.24) is 9.80 Å². The molecule has 7 nitrogen and oxygen atoms in total. The summed E-state index contributed by atoms with van der Waals surface area (Å²) in [5.74, 6) is -2.06. The van der Waals surface area contributed by atoms with Gasteiger partial charge in [0.05, 0.1) is 7.11 Å². The molecular weight excluding hydrogens is 554 g/mol. The van der Waals surface area contributed by atoms with Crippen LogP contribution in [0, 0.1) is 24.6 Å². The number of aryl methyl sites for hydroxylation is 1. The largest absolute Gasteiger partial charge is 0.497 e. The molecule has 2 saturated heterocycles. The number of nitrogens with zero attached hydrogens (tertiary/aromatic N) is 3. The molecular formula is C31H39F4N3O4. The van der Waals surface area contributed by atoms with E-state index >= 15 is 0 Å². The van der Waals surface area contributed by atoms with E-state index in [1.54, 1.807) is 19.0 Å². The molecule has 0 bridgehead atoms. The number of carbonyl (C=O) groups is 2. The smallest absolute Gasteiger partial charge is 0.430 e. The highest BCUT2D eigenvalue weighted by atomic mass is 19.4. The van der Waals surface area contributed by atoms with Gasteiger partial charge in [-0.3, -0.25) is 9.59 Å². The van der Waals surface area contributed by atoms with E-state index in [2.05, 4.69) is 4.90 Å². The maximum absolute atomic E-state index is 14.1. The molecule has 2 aliphatic rings. The Hall–Kier alpha value is -3.34. The normalized spacial score (nSPS) is 18.5. The lowest BCUT2D eigenvalue weighted by atomic mass is 9.82. The molecule has 230 valence electrons. The summed E-state index contributed by atoms with van der Waals surface area (Å²) in [5, 5.41) is 10.8. The van der Waals surface area contributed by atoms with Gasteiger partial charge < -0.3 is 24.5 Å². The summed E-state index contributed by atoms with van der Waals surface area (Å²) < 4.78 is 61.3. The van der Waals surface area contributed by atoms with Crippen LogP contribution in [-0.4, -0.2) is 80.3 Å². The molecule has 0 unspecified atom stereocenters. The zero-order valence-electron chi connectivity index (χ0n) is 24.5. The van der Waals surface area contributed by atoms with Crippen LogP contribution in [0.4, 0.5) is 23.2 Å². The molecule has 2 aromatic carbocycles. The van der Waals surface area contributed by atoms with Gasteiger partial charge in [-0.05, 0) is 86.8 Å². The first-order valence-electron chi connectivity index (χ1n) is 14.2. The van der Waals surface area contributed by atoms with Crippen LogP contribution in [0.5, 0.6) is 5.75 Å². The maximum Gasteiger partial charge on any atom is 0.430 e. The summed E-state index contributed by atoms with van der Waals surface area (Å²) in [7, 11) is 4.62. The number of benzene rings is 2. The number of carbonyl (C=O) groups excluding carboxylic acids is 2. The highest BCUT2D eigenvalue weighted by molar-refractivity contribution is 5.95. The molecule has 11 heteroatoms. The summed E-state index contributed by atoms with van der Waals surface area (Å²) >= 11 is 0. The molecule has 1 atom stereocenters. The molecule has 2 amide bonds. The molecule has 0 spiro atoms. The van der Waals surface area contributed by atoms with Crippen LogP contribution < -0.4 is 9.64 Å². The van der Waals surface area contributed by atoms with Crippen molar-refractivity contribution in [3.8, 4) is 5.75 Å². The van der Waals surface area contributed by atoms with Crippen molar-refractivity contribution < 1.29 is 37.0 Å². The predicted octanol–water partition coefficient (Wildman–Crippen LogP) is 5.14. The van der Waals surface area contributed by atoms with E-state index in [-0.39, 0.29) is 30.7 Å². The Labute approximate surface area is 244 Å². The third-order valence-electron chi connectivity index (χ3n) is 8.64. The van der Waals surface area contributed by atoms with Gasteiger partial charge in [-0.1, -0.05) is 0 Å². The van der Waals surface area contributed by atoms with Crippen molar-refractivity contribution in [3.63, 3.8) is 0 Å². The Morgan fingerprint density at radius 3 is 2.10 bits per heavy atom. The van der Waals surface area contributed by atoms with Gasteiger partial charge in [-0.2, -0.15) is 13.2 Å². The fourth-order valence-corrected chi connectivity index (χ4v) is 6.12. The molecule has 2 aliphatic heterocycles. The predicted molar refractivity (Wildman–Crippen MR) is 151 cm³/mol. The lowest BCUT2D eigenvalue weighted by Gasteiger charge is -2.40. The summed E-state index contributed by atoms with van der Waals surface area (Å²) in [4.78, 5) is 30.4. The third kappa shape index (κ3) is 6.50. The van der Waals surface area contributed by atoms with Crippen LogP contribution in [0.1, 0.15) is 53.6 Å². The number of anilines is 1. The minimum atomic E-state index is -5.35. The average Bonchev–Trinajstić information content (AvgIpc) is 2.95. The van der Waals surface area contributed by atoms with Crippen LogP contribution in [0.15, 0.2) is 36.4 Å². The maximum atomic E-state index is 14.1. The van der Waals surface area contributed by atoms with E-state index in [1.165, 1.54) is 0 Å². The number of ether oxygens (including phenoxy) is 1. The van der Waals surface area contributed by atoms with Crippen molar-refractivity contribution in [1.29, 1.82) is 0 Å². The lowest BCUT2D eigenvalue weighted by Crippen LogP contribution is -2.57. The topological polar surface area (TPSA) is 73.3 Å². The van der Waals surface area contributed by atoms with Crippen molar-refractivity contribution in [3.05, 3.63) is 58.9 Å².